The van der Waals surface area contributed by atoms with E-state index in [9.17, 15) is 4.79 Å². The van der Waals surface area contributed by atoms with E-state index in [2.05, 4.69) is 50.3 Å². The Labute approximate surface area is 198 Å². The zero-order valence-corrected chi connectivity index (χ0v) is 20.6. The molecule has 1 aliphatic rings. The average molecular weight is 445 g/mol. The number of hydrogen-bond donors (Lipinski definition) is 0. The molecule has 0 spiro atoms. The lowest BCUT2D eigenvalue weighted by atomic mass is 9.89. The van der Waals surface area contributed by atoms with E-state index in [0.717, 1.165) is 32.1 Å². The van der Waals surface area contributed by atoms with Gasteiger partial charge in [-0.05, 0) is 101 Å². The van der Waals surface area contributed by atoms with E-state index < -0.39 is 5.60 Å². The Morgan fingerprint density at radius 2 is 1.88 bits per heavy atom. The molecule has 3 rings (SSSR count). The molecule has 174 valence electrons. The molecule has 2 aromatic carbocycles. The topological polar surface area (TPSA) is 53.3 Å². The SMILES string of the molecule is C[C@H](CCCc1ccc(C#N)cc1)N(C(=O)OC(C)(C)C)[C@H](C)c1cccc2c1C=CCC2. The van der Waals surface area contributed by atoms with Gasteiger partial charge in [0, 0.05) is 6.04 Å². The number of carbonyl (C=O) groups is 1. The third-order valence-electron chi connectivity index (χ3n) is 6.21. The second-order valence-electron chi connectivity index (χ2n) is 9.97. The van der Waals surface area contributed by atoms with E-state index in [0.29, 0.717) is 5.56 Å². The van der Waals surface area contributed by atoms with Crippen LogP contribution in [0.2, 0.25) is 0 Å². The molecule has 0 fully saturated rings. The van der Waals surface area contributed by atoms with Crippen molar-refractivity contribution in [2.24, 2.45) is 0 Å². The van der Waals surface area contributed by atoms with Crippen LogP contribution in [0.1, 0.15) is 87.7 Å². The Morgan fingerprint density at radius 1 is 1.15 bits per heavy atom. The quantitative estimate of drug-likeness (QED) is 0.453. The fraction of sp³-hybridized carbons (Fsp3) is 0.448. The van der Waals surface area contributed by atoms with E-state index in [-0.39, 0.29) is 18.2 Å². The van der Waals surface area contributed by atoms with Gasteiger partial charge in [-0.3, -0.25) is 4.90 Å². The van der Waals surface area contributed by atoms with E-state index in [1.54, 1.807) is 0 Å². The number of benzene rings is 2. The van der Waals surface area contributed by atoms with E-state index in [1.807, 2.05) is 49.9 Å². The number of aryl methyl sites for hydroxylation is 2. The molecule has 0 N–H and O–H groups in total. The molecule has 0 aliphatic heterocycles. The lowest BCUT2D eigenvalue weighted by Crippen LogP contribution is -2.44. The molecule has 0 aromatic heterocycles. The van der Waals surface area contributed by atoms with Crippen LogP contribution >= 0.6 is 0 Å². The molecule has 0 saturated carbocycles. The largest absolute Gasteiger partial charge is 0.444 e. The number of ether oxygens (including phenoxy) is 1. The van der Waals surface area contributed by atoms with Crippen molar-refractivity contribution in [3.05, 3.63) is 76.4 Å². The first-order valence-electron chi connectivity index (χ1n) is 12.0. The molecule has 1 amide bonds. The van der Waals surface area contributed by atoms with Crippen LogP contribution in [0.5, 0.6) is 0 Å². The van der Waals surface area contributed by atoms with Crippen molar-refractivity contribution in [3.8, 4) is 6.07 Å². The van der Waals surface area contributed by atoms with Gasteiger partial charge in [-0.1, -0.05) is 42.5 Å². The van der Waals surface area contributed by atoms with Gasteiger partial charge in [0.05, 0.1) is 17.7 Å². The highest BCUT2D eigenvalue weighted by atomic mass is 16.6. The van der Waals surface area contributed by atoms with Crippen molar-refractivity contribution in [1.82, 2.24) is 4.90 Å². The van der Waals surface area contributed by atoms with Crippen molar-refractivity contribution in [1.29, 1.82) is 5.26 Å². The van der Waals surface area contributed by atoms with Gasteiger partial charge >= 0.3 is 6.09 Å². The molecule has 33 heavy (non-hydrogen) atoms. The minimum atomic E-state index is -0.548. The molecule has 0 unspecified atom stereocenters. The zero-order chi connectivity index (χ0) is 24.0. The summed E-state index contributed by atoms with van der Waals surface area (Å²) in [5.74, 6) is 0. The van der Waals surface area contributed by atoms with Gasteiger partial charge in [0.15, 0.2) is 0 Å². The molecule has 1 aliphatic carbocycles. The van der Waals surface area contributed by atoms with Crippen LogP contribution in [0.25, 0.3) is 6.08 Å². The lowest BCUT2D eigenvalue weighted by Gasteiger charge is -2.37. The first kappa shape index (κ1) is 24.6. The van der Waals surface area contributed by atoms with E-state index in [4.69, 9.17) is 10.00 Å². The number of nitriles is 1. The third kappa shape index (κ3) is 6.48. The van der Waals surface area contributed by atoms with Crippen molar-refractivity contribution < 1.29 is 9.53 Å². The molecule has 4 nitrogen and oxygen atoms in total. The van der Waals surface area contributed by atoms with Crippen molar-refractivity contribution in [3.63, 3.8) is 0 Å². The normalized spacial score (nSPS) is 14.7. The van der Waals surface area contributed by atoms with Crippen molar-refractivity contribution in [2.75, 3.05) is 0 Å². The van der Waals surface area contributed by atoms with Crippen molar-refractivity contribution >= 4 is 12.2 Å². The van der Waals surface area contributed by atoms with Gasteiger partial charge in [0.2, 0.25) is 0 Å². The summed E-state index contributed by atoms with van der Waals surface area (Å²) in [5.41, 5.74) is 5.10. The number of carbonyl (C=O) groups excluding carboxylic acids is 1. The van der Waals surface area contributed by atoms with Crippen LogP contribution in [0.4, 0.5) is 4.79 Å². The average Bonchev–Trinajstić information content (AvgIpc) is 2.78. The highest BCUT2D eigenvalue weighted by Gasteiger charge is 2.31. The Hall–Kier alpha value is -3.06. The van der Waals surface area contributed by atoms with Gasteiger partial charge in [-0.25, -0.2) is 4.79 Å². The van der Waals surface area contributed by atoms with Crippen LogP contribution in [-0.4, -0.2) is 22.6 Å². The van der Waals surface area contributed by atoms with Gasteiger partial charge < -0.3 is 4.74 Å². The predicted octanol–water partition coefficient (Wildman–Crippen LogP) is 7.23. The molecule has 0 radical (unpaired) electrons. The maximum Gasteiger partial charge on any atom is 0.411 e. The van der Waals surface area contributed by atoms with Gasteiger partial charge in [-0.2, -0.15) is 5.26 Å². The van der Waals surface area contributed by atoms with Crippen LogP contribution in [0, 0.1) is 11.3 Å². The molecular weight excluding hydrogens is 408 g/mol. The van der Waals surface area contributed by atoms with Crippen LogP contribution in [0.3, 0.4) is 0 Å². The van der Waals surface area contributed by atoms with E-state index >= 15 is 0 Å². The number of hydrogen-bond acceptors (Lipinski definition) is 3. The standard InChI is InChI=1S/C29H36N2O2/c1-21(10-8-11-23-16-18-24(20-30)19-17-23)31(28(32)33-29(3,4)5)22(2)26-15-9-13-25-12-6-7-14-27(25)26/h7,9,13-19,21-22H,6,8,10-12H2,1-5H3/t21-,22-/m1/s1. The summed E-state index contributed by atoms with van der Waals surface area (Å²) in [5, 5.41) is 8.99. The molecule has 0 heterocycles. The Morgan fingerprint density at radius 3 is 2.55 bits per heavy atom. The second kappa shape index (κ2) is 10.7. The highest BCUT2D eigenvalue weighted by molar-refractivity contribution is 5.70. The summed E-state index contributed by atoms with van der Waals surface area (Å²) in [4.78, 5) is 15.3. The molecule has 4 heteroatoms. The smallest absolute Gasteiger partial charge is 0.411 e. The first-order valence-corrected chi connectivity index (χ1v) is 12.0. The monoisotopic (exact) mass is 444 g/mol. The number of allylic oxidation sites excluding steroid dienone is 1. The van der Waals surface area contributed by atoms with Crippen LogP contribution < -0.4 is 0 Å². The summed E-state index contributed by atoms with van der Waals surface area (Å²) < 4.78 is 5.84. The first-order chi connectivity index (χ1) is 15.7. The molecule has 2 atom stereocenters. The third-order valence-corrected chi connectivity index (χ3v) is 6.21. The van der Waals surface area contributed by atoms with Crippen molar-refractivity contribution in [2.45, 2.75) is 84.4 Å². The summed E-state index contributed by atoms with van der Waals surface area (Å²) >= 11 is 0. The summed E-state index contributed by atoms with van der Waals surface area (Å²) in [6.45, 7) is 9.97. The zero-order valence-electron chi connectivity index (χ0n) is 20.6. The lowest BCUT2D eigenvalue weighted by molar-refractivity contribution is 0.00712. The maximum absolute atomic E-state index is 13.3. The number of fused-ring (bicyclic) bond motifs is 1. The Bertz CT molecular complexity index is 1030. The van der Waals surface area contributed by atoms with Gasteiger partial charge in [-0.15, -0.1) is 0 Å². The second-order valence-corrected chi connectivity index (χ2v) is 9.97. The van der Waals surface area contributed by atoms with Gasteiger partial charge in [0.1, 0.15) is 5.60 Å². The van der Waals surface area contributed by atoms with Gasteiger partial charge in [0.25, 0.3) is 0 Å². The number of rotatable bonds is 7. The number of amides is 1. The highest BCUT2D eigenvalue weighted by Crippen LogP contribution is 2.33. The molecule has 0 saturated heterocycles. The summed E-state index contributed by atoms with van der Waals surface area (Å²) in [6.07, 6.45) is 8.99. The fourth-order valence-electron chi connectivity index (χ4n) is 4.53. The minimum absolute atomic E-state index is 0.0247. The summed E-state index contributed by atoms with van der Waals surface area (Å²) in [7, 11) is 0. The fourth-order valence-corrected chi connectivity index (χ4v) is 4.53. The van der Waals surface area contributed by atoms with Crippen LogP contribution in [-0.2, 0) is 17.6 Å². The Kier molecular flexibility index (Phi) is 7.97. The molecule has 0 bridgehead atoms. The Balaban J connectivity index is 1.78. The van der Waals surface area contributed by atoms with E-state index in [1.165, 1.54) is 22.3 Å². The molecular formula is C29H36N2O2. The predicted molar refractivity (Wildman–Crippen MR) is 134 cm³/mol. The number of nitrogens with zero attached hydrogens (tertiary/aromatic N) is 2. The van der Waals surface area contributed by atoms with Crippen LogP contribution in [0.15, 0.2) is 48.5 Å². The maximum atomic E-state index is 13.3. The molecule has 2 aromatic rings. The minimum Gasteiger partial charge on any atom is -0.444 e. The summed E-state index contributed by atoms with van der Waals surface area (Å²) in [6, 6.07) is 16.3.